The first-order valence-corrected chi connectivity index (χ1v) is 8.05. The Morgan fingerprint density at radius 3 is 2.43 bits per heavy atom. The van der Waals surface area contributed by atoms with E-state index in [9.17, 15) is 13.2 Å². The van der Waals surface area contributed by atoms with Gasteiger partial charge in [-0.25, -0.2) is 13.2 Å². The topological polar surface area (TPSA) is 12.5 Å². The predicted octanol–water partition coefficient (Wildman–Crippen LogP) is 3.79. The van der Waals surface area contributed by atoms with E-state index >= 15 is 0 Å². The SMILES string of the molecule is CC(C)(C)C12CCCN1C(COC1CC(F)(F)C1)C(F)C2. The van der Waals surface area contributed by atoms with Crippen molar-refractivity contribution < 1.29 is 17.9 Å². The van der Waals surface area contributed by atoms with Crippen LogP contribution >= 0.6 is 0 Å². The zero-order valence-corrected chi connectivity index (χ0v) is 13.2. The summed E-state index contributed by atoms with van der Waals surface area (Å²) in [6.45, 7) is 7.67. The first-order chi connectivity index (χ1) is 9.65. The van der Waals surface area contributed by atoms with Gasteiger partial charge in [0.2, 0.25) is 0 Å². The lowest BCUT2D eigenvalue weighted by molar-refractivity contribution is -0.172. The third-order valence-electron chi connectivity index (χ3n) is 5.84. The summed E-state index contributed by atoms with van der Waals surface area (Å²) in [5.41, 5.74) is -0.0733. The van der Waals surface area contributed by atoms with Crippen molar-refractivity contribution in [2.24, 2.45) is 5.41 Å². The van der Waals surface area contributed by atoms with Crippen molar-refractivity contribution in [3.63, 3.8) is 0 Å². The highest BCUT2D eigenvalue weighted by Gasteiger charge is 2.59. The highest BCUT2D eigenvalue weighted by molar-refractivity contribution is 5.13. The van der Waals surface area contributed by atoms with Gasteiger partial charge in [0, 0.05) is 18.4 Å². The van der Waals surface area contributed by atoms with Gasteiger partial charge in [-0.3, -0.25) is 4.90 Å². The number of hydrogen-bond acceptors (Lipinski definition) is 2. The third kappa shape index (κ3) is 2.50. The number of halogens is 3. The molecule has 0 N–H and O–H groups in total. The molecule has 2 heterocycles. The summed E-state index contributed by atoms with van der Waals surface area (Å²) in [7, 11) is 0. The summed E-state index contributed by atoms with van der Waals surface area (Å²) < 4.78 is 45.8. The second-order valence-electron chi connectivity index (χ2n) is 8.09. The zero-order chi connectivity index (χ0) is 15.5. The molecule has 3 rings (SSSR count). The van der Waals surface area contributed by atoms with Crippen molar-refractivity contribution in [2.45, 2.75) is 82.7 Å². The number of hydrogen-bond donors (Lipinski definition) is 0. The summed E-state index contributed by atoms with van der Waals surface area (Å²) in [5, 5.41) is 0. The Kier molecular flexibility index (Phi) is 3.60. The average molecular weight is 305 g/mol. The van der Waals surface area contributed by atoms with Crippen LogP contribution < -0.4 is 0 Å². The van der Waals surface area contributed by atoms with Crippen LogP contribution in [0.25, 0.3) is 0 Å². The van der Waals surface area contributed by atoms with Gasteiger partial charge in [-0.15, -0.1) is 0 Å². The van der Waals surface area contributed by atoms with Crippen LogP contribution in [0.3, 0.4) is 0 Å². The molecule has 0 radical (unpaired) electrons. The first-order valence-electron chi connectivity index (χ1n) is 8.05. The molecule has 0 aromatic carbocycles. The molecule has 1 saturated carbocycles. The van der Waals surface area contributed by atoms with E-state index in [1.807, 2.05) is 0 Å². The van der Waals surface area contributed by atoms with E-state index in [0.29, 0.717) is 6.42 Å². The van der Waals surface area contributed by atoms with Crippen molar-refractivity contribution >= 4 is 0 Å². The monoisotopic (exact) mass is 305 g/mol. The number of ether oxygens (including phenoxy) is 1. The minimum absolute atomic E-state index is 0.0199. The van der Waals surface area contributed by atoms with Gasteiger partial charge < -0.3 is 4.74 Å². The van der Waals surface area contributed by atoms with Crippen LogP contribution in [0.1, 0.15) is 52.9 Å². The number of alkyl halides is 3. The Hall–Kier alpha value is -0.290. The number of rotatable bonds is 3. The Balaban J connectivity index is 1.64. The molecule has 0 bridgehead atoms. The lowest BCUT2D eigenvalue weighted by atomic mass is 9.71. The van der Waals surface area contributed by atoms with Gasteiger partial charge in [-0.1, -0.05) is 20.8 Å². The molecule has 0 aromatic heterocycles. The van der Waals surface area contributed by atoms with Gasteiger partial charge >= 0.3 is 0 Å². The van der Waals surface area contributed by atoms with E-state index in [-0.39, 0.29) is 42.5 Å². The van der Waals surface area contributed by atoms with Crippen molar-refractivity contribution in [2.75, 3.05) is 13.2 Å². The van der Waals surface area contributed by atoms with Crippen LogP contribution in [0.4, 0.5) is 13.2 Å². The van der Waals surface area contributed by atoms with E-state index in [2.05, 4.69) is 25.7 Å². The second kappa shape index (κ2) is 4.85. The molecule has 0 spiro atoms. The van der Waals surface area contributed by atoms with Crippen LogP contribution in [-0.2, 0) is 4.74 Å². The first kappa shape index (κ1) is 15.6. The fraction of sp³-hybridized carbons (Fsp3) is 1.00. The van der Waals surface area contributed by atoms with E-state index < -0.39 is 12.1 Å². The quantitative estimate of drug-likeness (QED) is 0.786. The minimum Gasteiger partial charge on any atom is -0.376 e. The van der Waals surface area contributed by atoms with Gasteiger partial charge in [0.25, 0.3) is 5.92 Å². The Morgan fingerprint density at radius 2 is 1.86 bits per heavy atom. The van der Waals surface area contributed by atoms with Crippen LogP contribution in [0.15, 0.2) is 0 Å². The molecule has 0 amide bonds. The fourth-order valence-electron chi connectivity index (χ4n) is 4.52. The predicted molar refractivity (Wildman–Crippen MR) is 75.3 cm³/mol. The molecule has 3 fully saturated rings. The van der Waals surface area contributed by atoms with Crippen molar-refractivity contribution in [3.05, 3.63) is 0 Å². The smallest absolute Gasteiger partial charge is 0.253 e. The molecule has 2 aliphatic heterocycles. The zero-order valence-electron chi connectivity index (χ0n) is 13.2. The molecule has 2 saturated heterocycles. The molecular formula is C16H26F3NO. The molecule has 1 aliphatic carbocycles. The fourth-order valence-corrected chi connectivity index (χ4v) is 4.52. The largest absolute Gasteiger partial charge is 0.376 e. The van der Waals surface area contributed by atoms with Gasteiger partial charge in [-0.2, -0.15) is 0 Å². The van der Waals surface area contributed by atoms with E-state index in [0.717, 1.165) is 19.4 Å². The summed E-state index contributed by atoms with van der Waals surface area (Å²) >= 11 is 0. The Bertz CT molecular complexity index is 401. The van der Waals surface area contributed by atoms with Gasteiger partial charge in [-0.05, 0) is 31.2 Å². The minimum atomic E-state index is -2.57. The molecule has 0 aromatic rings. The molecule has 3 unspecified atom stereocenters. The third-order valence-corrected chi connectivity index (χ3v) is 5.84. The van der Waals surface area contributed by atoms with Crippen molar-refractivity contribution in [1.29, 1.82) is 0 Å². The maximum Gasteiger partial charge on any atom is 0.253 e. The van der Waals surface area contributed by atoms with Gasteiger partial charge in [0.05, 0.1) is 18.8 Å². The molecule has 3 aliphatic rings. The van der Waals surface area contributed by atoms with E-state index in [1.54, 1.807) is 0 Å². The number of nitrogens with zero attached hydrogens (tertiary/aromatic N) is 1. The normalized spacial score (nSPS) is 40.3. The molecule has 5 heteroatoms. The molecule has 21 heavy (non-hydrogen) atoms. The second-order valence-corrected chi connectivity index (χ2v) is 8.09. The number of fused-ring (bicyclic) bond motifs is 1. The van der Waals surface area contributed by atoms with Crippen molar-refractivity contribution in [1.82, 2.24) is 4.90 Å². The summed E-state index contributed by atoms with van der Waals surface area (Å²) in [5.74, 6) is -2.57. The van der Waals surface area contributed by atoms with Crippen LogP contribution in [0.2, 0.25) is 0 Å². The summed E-state index contributed by atoms with van der Waals surface area (Å²) in [6, 6.07) is -0.263. The van der Waals surface area contributed by atoms with Crippen LogP contribution in [0.5, 0.6) is 0 Å². The molecular weight excluding hydrogens is 279 g/mol. The highest BCUT2D eigenvalue weighted by atomic mass is 19.3. The van der Waals surface area contributed by atoms with Gasteiger partial charge in [0.15, 0.2) is 0 Å². The van der Waals surface area contributed by atoms with Crippen LogP contribution in [0, 0.1) is 5.41 Å². The van der Waals surface area contributed by atoms with Crippen LogP contribution in [-0.4, -0.2) is 47.8 Å². The van der Waals surface area contributed by atoms with E-state index in [4.69, 9.17) is 4.74 Å². The lowest BCUT2D eigenvalue weighted by Gasteiger charge is -2.45. The lowest BCUT2D eigenvalue weighted by Crippen LogP contribution is -2.53. The molecule has 3 atom stereocenters. The standard InChI is InChI=1S/C16H26F3NO/c1-14(2,3)15-5-4-6-20(15)13(12(17)9-15)10-21-11-7-16(18,19)8-11/h11-13H,4-10H2,1-3H3. The average Bonchev–Trinajstić information content (AvgIpc) is 2.80. The summed E-state index contributed by atoms with van der Waals surface area (Å²) in [6.07, 6.45) is 0.939. The van der Waals surface area contributed by atoms with Crippen molar-refractivity contribution in [3.8, 4) is 0 Å². The maximum absolute atomic E-state index is 14.5. The molecule has 122 valence electrons. The molecule has 2 nitrogen and oxygen atoms in total. The van der Waals surface area contributed by atoms with Gasteiger partial charge in [0.1, 0.15) is 6.17 Å². The Morgan fingerprint density at radius 1 is 1.19 bits per heavy atom. The maximum atomic E-state index is 14.5. The highest BCUT2D eigenvalue weighted by Crippen LogP contribution is 2.53. The Labute approximate surface area is 125 Å². The van der Waals surface area contributed by atoms with E-state index in [1.165, 1.54) is 0 Å². The summed E-state index contributed by atoms with van der Waals surface area (Å²) in [4.78, 5) is 2.27.